The van der Waals surface area contributed by atoms with Gasteiger partial charge < -0.3 is 0 Å². The number of anilines is 2. The summed E-state index contributed by atoms with van der Waals surface area (Å²) in [6.07, 6.45) is 6.61. The van der Waals surface area contributed by atoms with Crippen LogP contribution in [0.2, 0.25) is 4.18 Å². The number of hydrogen-bond donors (Lipinski definition) is 2. The summed E-state index contributed by atoms with van der Waals surface area (Å²) in [6, 6.07) is 3.67. The number of halogens is 1. The number of piperidine rings is 1. The Hall–Kier alpha value is -2.60. The molecule has 1 aliphatic carbocycles. The van der Waals surface area contributed by atoms with Crippen molar-refractivity contribution in [3.05, 3.63) is 46.3 Å². The van der Waals surface area contributed by atoms with Crippen LogP contribution in [0.5, 0.6) is 0 Å². The van der Waals surface area contributed by atoms with E-state index < -0.39 is 27.8 Å². The Balaban J connectivity index is 1.31. The van der Waals surface area contributed by atoms with Gasteiger partial charge in [0.05, 0.1) is 0 Å². The van der Waals surface area contributed by atoms with E-state index >= 15 is 0 Å². The molecule has 2 amide bonds. The summed E-state index contributed by atoms with van der Waals surface area (Å²) in [7, 11) is 0. The van der Waals surface area contributed by atoms with Crippen LogP contribution in [-0.2, 0) is 14.4 Å². The molecule has 2 aromatic rings. The number of pyridine rings is 1. The van der Waals surface area contributed by atoms with Gasteiger partial charge in [0.25, 0.3) is 0 Å². The molecule has 1 saturated carbocycles. The van der Waals surface area contributed by atoms with Crippen LogP contribution in [0, 0.1) is 12.8 Å². The van der Waals surface area contributed by atoms with Crippen molar-refractivity contribution in [1.29, 1.82) is 0 Å². The third kappa shape index (κ3) is 4.90. The van der Waals surface area contributed by atoms with Crippen LogP contribution in [0.15, 0.2) is 38.2 Å². The maximum absolute atomic E-state index is 13.2. The van der Waals surface area contributed by atoms with Gasteiger partial charge in [-0.05, 0) is 0 Å². The summed E-state index contributed by atoms with van der Waals surface area (Å²) < 4.78 is 6.29. The number of nitrogen functional groups attached to an aromatic ring is 1. The van der Waals surface area contributed by atoms with Gasteiger partial charge in [-0.2, -0.15) is 0 Å². The molecule has 2 aromatic heterocycles. The Morgan fingerprint density at radius 1 is 1.23 bits per heavy atom. The molecule has 0 spiro atoms. The number of allylic oxidation sites excluding steroid dienone is 1. The Labute approximate surface area is 218 Å². The van der Waals surface area contributed by atoms with Gasteiger partial charge in [-0.15, -0.1) is 0 Å². The average Bonchev–Trinajstić information content (AvgIpc) is 3.27. The van der Waals surface area contributed by atoms with Gasteiger partial charge in [-0.3, -0.25) is 0 Å². The number of aryl methyl sites for hydroxylation is 1. The third-order valence-electron chi connectivity index (χ3n) is 6.64. The van der Waals surface area contributed by atoms with Gasteiger partial charge >= 0.3 is 220 Å². The van der Waals surface area contributed by atoms with Crippen LogP contribution >= 0.6 is 15.9 Å². The van der Waals surface area contributed by atoms with E-state index in [0.717, 1.165) is 21.1 Å². The number of aromatic nitrogens is 3. The summed E-state index contributed by atoms with van der Waals surface area (Å²) in [5.41, 5.74) is 7.64. The third-order valence-corrected chi connectivity index (χ3v) is 14.4. The maximum atomic E-state index is 13.2. The number of nitrogens with zero attached hydrogens (tertiary/aromatic N) is 5. The molecule has 2 fully saturated rings. The van der Waals surface area contributed by atoms with E-state index in [0.29, 0.717) is 28.2 Å². The standard InChI is InChI=1S/C14H15BrN3O2.C9H8N4O.In/c1-7-3-4-12(15)17-13(7)18-10-5-9(10)6-11(18)14(20)16-8(2)19;1-6(14)8(10)3-2-7-4-12-9(11)13-5-7;/h3-4,9-11H,2,5-6H2,1H3,(H,16,19,20);3-5H,1H3,(H2,11,12,13);/q;-1;+1. The summed E-state index contributed by atoms with van der Waals surface area (Å²) in [5, 5.41) is 2.61. The molecule has 2 aliphatic heterocycles. The molecule has 1 saturated heterocycles. The average molecular weight is 640 g/mol. The molecule has 5 rings (SSSR count). The molecule has 3 aliphatic rings. The summed E-state index contributed by atoms with van der Waals surface area (Å²) in [4.78, 5) is 52.9. The number of nitrogens with two attached hydrogens (primary N) is 1. The Kier molecular flexibility index (Phi) is 6.51. The van der Waals surface area contributed by atoms with E-state index in [2.05, 4.69) is 44.1 Å². The Bertz CT molecular complexity index is 1300. The predicted octanol–water partition coefficient (Wildman–Crippen LogP) is 1.79. The minimum absolute atomic E-state index is 0.119. The zero-order chi connectivity index (χ0) is 24.9. The molecule has 12 heteroatoms. The van der Waals surface area contributed by atoms with Crippen LogP contribution in [-0.4, -0.2) is 72.1 Å². The number of nitrogens with one attached hydrogen (secondary N) is 1. The Morgan fingerprint density at radius 3 is 2.69 bits per heavy atom. The molecule has 3 N–H and O–H groups in total. The Morgan fingerprint density at radius 2 is 1.97 bits per heavy atom. The second-order valence-electron chi connectivity index (χ2n) is 9.13. The van der Waals surface area contributed by atoms with E-state index in [9.17, 15) is 14.4 Å². The second kappa shape index (κ2) is 9.45. The number of rotatable bonds is 6. The number of carbonyl (C=O) groups is 3. The number of Topliss-reactive ketones (excluding diaryl/α,β-unsaturated/α-hetero) is 1. The minimum atomic E-state index is -3.13. The van der Waals surface area contributed by atoms with Gasteiger partial charge in [-0.1, -0.05) is 0 Å². The second-order valence-corrected chi connectivity index (χ2v) is 16.6. The predicted molar refractivity (Wildman–Crippen MR) is 136 cm³/mol. The van der Waals surface area contributed by atoms with Crippen molar-refractivity contribution < 1.29 is 14.4 Å². The molecule has 3 unspecified atom stereocenters. The molecular weight excluding hydrogens is 617 g/mol. The molecule has 10 nitrogen and oxygen atoms in total. The number of fused-ring (bicyclic) bond motifs is 1. The first-order valence-corrected chi connectivity index (χ1v) is 17.6. The van der Waals surface area contributed by atoms with Crippen molar-refractivity contribution in [2.75, 3.05) is 10.6 Å². The first-order valence-electron chi connectivity index (χ1n) is 11.3. The number of imide groups is 1. The van der Waals surface area contributed by atoms with E-state index in [1.54, 1.807) is 18.5 Å². The van der Waals surface area contributed by atoms with Crippen molar-refractivity contribution in [2.24, 2.45) is 8.90 Å². The summed E-state index contributed by atoms with van der Waals surface area (Å²) in [6.45, 7) is 3.42. The number of amides is 2. The summed E-state index contributed by atoms with van der Waals surface area (Å²) >= 11 is 0.290. The van der Waals surface area contributed by atoms with Crippen LogP contribution < -0.4 is 16.0 Å². The fraction of sp³-hybridized carbons (Fsp3) is 0.348. The monoisotopic (exact) mass is 639 g/mol. The van der Waals surface area contributed by atoms with Gasteiger partial charge in [0.1, 0.15) is 0 Å². The zero-order valence-corrected chi connectivity index (χ0v) is 24.1. The molecule has 0 radical (unpaired) electrons. The molecule has 0 aromatic carbocycles. The van der Waals surface area contributed by atoms with Crippen LogP contribution in [0.4, 0.5) is 11.8 Å². The normalized spacial score (nSPS) is 22.4. The topological polar surface area (TPSA) is 144 Å². The SMILES string of the molecule is CC(=O)C1=[N][In]([CH2]C(=O)NC(=O)C2CC3CC3N2c2nc(Br)ccc2C)[C](c2cnc(N)nc2)=C1. The van der Waals surface area contributed by atoms with Crippen LogP contribution in [0.25, 0.3) is 3.33 Å². The van der Waals surface area contributed by atoms with Crippen molar-refractivity contribution in [1.82, 2.24) is 20.3 Å². The fourth-order valence-corrected chi connectivity index (χ4v) is 11.9. The van der Waals surface area contributed by atoms with Crippen molar-refractivity contribution in [3.63, 3.8) is 0 Å². The van der Waals surface area contributed by atoms with E-state index in [-0.39, 0.29) is 33.8 Å². The molecule has 35 heavy (non-hydrogen) atoms. The van der Waals surface area contributed by atoms with Crippen LogP contribution in [0.1, 0.15) is 30.9 Å². The van der Waals surface area contributed by atoms with Gasteiger partial charge in [0.2, 0.25) is 0 Å². The molecular formula is C23H23BrInN7O3. The number of carbonyl (C=O) groups excluding carboxylic acids is 3. The van der Waals surface area contributed by atoms with E-state index in [1.165, 1.54) is 6.92 Å². The van der Waals surface area contributed by atoms with E-state index in [4.69, 9.17) is 5.73 Å². The van der Waals surface area contributed by atoms with Gasteiger partial charge in [0, 0.05) is 0 Å². The van der Waals surface area contributed by atoms with E-state index in [1.807, 2.05) is 19.1 Å². The van der Waals surface area contributed by atoms with Crippen molar-refractivity contribution in [3.8, 4) is 0 Å². The molecule has 0 bridgehead atoms. The van der Waals surface area contributed by atoms with Crippen molar-refractivity contribution in [2.45, 2.75) is 43.0 Å². The zero-order valence-electron chi connectivity index (χ0n) is 19.2. The first kappa shape index (κ1) is 24.1. The number of ketones is 1. The fourth-order valence-electron chi connectivity index (χ4n) is 4.83. The van der Waals surface area contributed by atoms with Crippen molar-refractivity contribution >= 4 is 76.1 Å². The quantitative estimate of drug-likeness (QED) is 0.456. The first-order chi connectivity index (χ1) is 16.7. The molecule has 3 atom stereocenters. The van der Waals surface area contributed by atoms with Gasteiger partial charge in [-0.25, -0.2) is 0 Å². The summed E-state index contributed by atoms with van der Waals surface area (Å²) in [5.74, 6) is 0.515. The van der Waals surface area contributed by atoms with Gasteiger partial charge in [0.15, 0.2) is 0 Å². The number of hydrogen-bond acceptors (Lipinski definition) is 9. The molecule has 178 valence electrons. The molecule has 4 heterocycles. The van der Waals surface area contributed by atoms with Crippen LogP contribution in [0.3, 0.4) is 0 Å².